The second-order valence-corrected chi connectivity index (χ2v) is 4.84. The van der Waals surface area contributed by atoms with Crippen LogP contribution in [-0.4, -0.2) is 15.8 Å². The number of benzene rings is 1. The van der Waals surface area contributed by atoms with Crippen molar-refractivity contribution < 1.29 is 4.39 Å². The first-order chi connectivity index (χ1) is 8.49. The van der Waals surface area contributed by atoms with E-state index in [9.17, 15) is 4.39 Å². The van der Waals surface area contributed by atoms with Crippen LogP contribution in [0.4, 0.5) is 4.39 Å². The third-order valence-corrected chi connectivity index (χ3v) is 3.05. The molecule has 5 heteroatoms. The molecule has 0 saturated carbocycles. The molecule has 1 atom stereocenters. The zero-order valence-corrected chi connectivity index (χ0v) is 11.1. The molecule has 0 bridgehead atoms. The molecule has 0 aliphatic rings. The lowest BCUT2D eigenvalue weighted by Crippen LogP contribution is -2.19. The first kappa shape index (κ1) is 13.1. The van der Waals surface area contributed by atoms with Crippen LogP contribution in [0.25, 0.3) is 5.69 Å². The maximum atomic E-state index is 14.0. The van der Waals surface area contributed by atoms with Gasteiger partial charge in [0.05, 0.1) is 10.7 Å². The van der Waals surface area contributed by atoms with Crippen LogP contribution in [0.15, 0.2) is 24.4 Å². The third-order valence-electron chi connectivity index (χ3n) is 2.68. The second kappa shape index (κ2) is 5.08. The number of aromatic nitrogens is 2. The van der Waals surface area contributed by atoms with E-state index in [1.165, 1.54) is 10.7 Å². The molecule has 1 unspecified atom stereocenters. The summed E-state index contributed by atoms with van der Waals surface area (Å²) in [6.07, 6.45) is 2.20. The van der Waals surface area contributed by atoms with Crippen molar-refractivity contribution in [3.63, 3.8) is 0 Å². The Morgan fingerprint density at radius 3 is 2.78 bits per heavy atom. The highest BCUT2D eigenvalue weighted by Crippen LogP contribution is 2.22. The summed E-state index contributed by atoms with van der Waals surface area (Å²) in [7, 11) is 0. The lowest BCUT2D eigenvalue weighted by atomic mass is 10.1. The van der Waals surface area contributed by atoms with Crippen LogP contribution in [0.3, 0.4) is 0 Å². The number of hydrogen-bond donors (Lipinski definition) is 1. The van der Waals surface area contributed by atoms with Gasteiger partial charge in [0.25, 0.3) is 0 Å². The van der Waals surface area contributed by atoms with Gasteiger partial charge < -0.3 is 5.73 Å². The van der Waals surface area contributed by atoms with Crippen LogP contribution in [0.5, 0.6) is 0 Å². The van der Waals surface area contributed by atoms with E-state index in [1.807, 2.05) is 13.0 Å². The van der Waals surface area contributed by atoms with Crippen LogP contribution >= 0.6 is 11.6 Å². The van der Waals surface area contributed by atoms with Crippen molar-refractivity contribution in [1.82, 2.24) is 9.78 Å². The molecule has 0 aliphatic heterocycles. The van der Waals surface area contributed by atoms with E-state index in [-0.39, 0.29) is 11.9 Å². The van der Waals surface area contributed by atoms with Crippen LogP contribution < -0.4 is 5.73 Å². The van der Waals surface area contributed by atoms with E-state index in [4.69, 9.17) is 17.3 Å². The van der Waals surface area contributed by atoms with Crippen molar-refractivity contribution in [2.45, 2.75) is 26.3 Å². The first-order valence-electron chi connectivity index (χ1n) is 5.74. The molecule has 1 heterocycles. The molecule has 1 aromatic heterocycles. The topological polar surface area (TPSA) is 43.8 Å². The van der Waals surface area contributed by atoms with Crippen LogP contribution in [0.1, 0.15) is 18.2 Å². The molecule has 0 amide bonds. The fourth-order valence-electron chi connectivity index (χ4n) is 1.88. The van der Waals surface area contributed by atoms with Crippen LogP contribution in [-0.2, 0) is 6.42 Å². The summed E-state index contributed by atoms with van der Waals surface area (Å²) in [6.45, 7) is 3.67. The molecular weight excluding hydrogens is 253 g/mol. The molecule has 0 aliphatic carbocycles. The number of nitrogens with two attached hydrogens (primary N) is 1. The van der Waals surface area contributed by atoms with Crippen LogP contribution in [0, 0.1) is 12.7 Å². The predicted octanol–water partition coefficient (Wildman–Crippen LogP) is 2.86. The maximum Gasteiger partial charge on any atom is 0.149 e. The second-order valence-electron chi connectivity index (χ2n) is 4.44. The molecular formula is C13H15ClFN3. The molecule has 0 spiro atoms. The molecule has 0 fully saturated rings. The van der Waals surface area contributed by atoms with Crippen molar-refractivity contribution in [3.05, 3.63) is 46.5 Å². The summed E-state index contributed by atoms with van der Waals surface area (Å²) >= 11 is 5.96. The van der Waals surface area contributed by atoms with E-state index in [0.29, 0.717) is 22.8 Å². The minimum Gasteiger partial charge on any atom is -0.328 e. The molecule has 0 saturated heterocycles. The van der Waals surface area contributed by atoms with Gasteiger partial charge in [-0.15, -0.1) is 0 Å². The normalized spacial score (nSPS) is 12.7. The van der Waals surface area contributed by atoms with Gasteiger partial charge in [0.1, 0.15) is 11.5 Å². The molecule has 3 nitrogen and oxygen atoms in total. The summed E-state index contributed by atoms with van der Waals surface area (Å²) in [5.74, 6) is -0.327. The molecule has 2 rings (SSSR count). The molecule has 1 aromatic carbocycles. The van der Waals surface area contributed by atoms with Gasteiger partial charge >= 0.3 is 0 Å². The third kappa shape index (κ3) is 2.54. The average molecular weight is 268 g/mol. The van der Waals surface area contributed by atoms with Gasteiger partial charge in [-0.05, 0) is 31.9 Å². The van der Waals surface area contributed by atoms with Gasteiger partial charge in [0.15, 0.2) is 0 Å². The smallest absolute Gasteiger partial charge is 0.149 e. The Morgan fingerprint density at radius 1 is 1.50 bits per heavy atom. The van der Waals surface area contributed by atoms with Crippen molar-refractivity contribution in [1.29, 1.82) is 0 Å². The van der Waals surface area contributed by atoms with E-state index in [1.54, 1.807) is 19.2 Å². The number of rotatable bonds is 3. The highest BCUT2D eigenvalue weighted by Gasteiger charge is 2.14. The predicted molar refractivity (Wildman–Crippen MR) is 70.6 cm³/mol. The van der Waals surface area contributed by atoms with Gasteiger partial charge in [-0.3, -0.25) is 0 Å². The Hall–Kier alpha value is -1.39. The highest BCUT2D eigenvalue weighted by molar-refractivity contribution is 6.31. The van der Waals surface area contributed by atoms with Gasteiger partial charge in [-0.25, -0.2) is 9.07 Å². The largest absolute Gasteiger partial charge is 0.328 e. The van der Waals surface area contributed by atoms with E-state index in [2.05, 4.69) is 5.10 Å². The summed E-state index contributed by atoms with van der Waals surface area (Å²) in [6, 6.07) is 4.89. The average Bonchev–Trinajstić information content (AvgIpc) is 2.58. The first-order valence-corrected chi connectivity index (χ1v) is 6.12. The summed E-state index contributed by atoms with van der Waals surface area (Å²) in [4.78, 5) is 0. The van der Waals surface area contributed by atoms with E-state index < -0.39 is 0 Å². The molecule has 2 aromatic rings. The fraction of sp³-hybridized carbons (Fsp3) is 0.308. The van der Waals surface area contributed by atoms with E-state index >= 15 is 0 Å². The Balaban J connectivity index is 2.54. The van der Waals surface area contributed by atoms with Gasteiger partial charge in [0.2, 0.25) is 0 Å². The fourth-order valence-corrected chi connectivity index (χ4v) is 2.01. The minimum absolute atomic E-state index is 0.0438. The monoisotopic (exact) mass is 267 g/mol. The van der Waals surface area contributed by atoms with Gasteiger partial charge in [-0.2, -0.15) is 5.10 Å². The Labute approximate surface area is 110 Å². The Morgan fingerprint density at radius 2 is 2.22 bits per heavy atom. The van der Waals surface area contributed by atoms with Crippen LogP contribution in [0.2, 0.25) is 5.02 Å². The Bertz CT molecular complexity index is 544. The Kier molecular flexibility index (Phi) is 3.68. The van der Waals surface area contributed by atoms with Gasteiger partial charge in [0, 0.05) is 12.2 Å². The van der Waals surface area contributed by atoms with Gasteiger partial charge in [-0.1, -0.05) is 23.7 Å². The summed E-state index contributed by atoms with van der Waals surface area (Å²) in [5.41, 5.74) is 7.70. The zero-order chi connectivity index (χ0) is 13.3. The maximum absolute atomic E-state index is 14.0. The summed E-state index contributed by atoms with van der Waals surface area (Å²) < 4.78 is 15.5. The summed E-state index contributed by atoms with van der Waals surface area (Å²) in [5, 5.41) is 4.73. The highest BCUT2D eigenvalue weighted by atomic mass is 35.5. The zero-order valence-electron chi connectivity index (χ0n) is 10.3. The van der Waals surface area contributed by atoms with Crippen molar-refractivity contribution in [2.75, 3.05) is 0 Å². The quantitative estimate of drug-likeness (QED) is 0.929. The molecule has 18 heavy (non-hydrogen) atoms. The number of nitrogens with zero attached hydrogens (tertiary/aromatic N) is 2. The lowest BCUT2D eigenvalue weighted by Gasteiger charge is -2.12. The van der Waals surface area contributed by atoms with Crippen molar-refractivity contribution in [2.24, 2.45) is 5.73 Å². The number of hydrogen-bond acceptors (Lipinski definition) is 2. The standard InChI is InChI=1S/C13H15ClFN3/c1-8(16)6-10-4-3-5-12(15)13(10)18-7-11(14)9(2)17-18/h3-5,7-8H,6,16H2,1-2H3. The number of aryl methyl sites for hydroxylation is 1. The SMILES string of the molecule is Cc1nn(-c2c(F)cccc2CC(C)N)cc1Cl. The molecule has 0 radical (unpaired) electrons. The number of halogens is 2. The molecule has 2 N–H and O–H groups in total. The van der Waals surface area contributed by atoms with Crippen molar-refractivity contribution in [3.8, 4) is 5.69 Å². The minimum atomic E-state index is -0.327. The molecule has 96 valence electrons. The van der Waals surface area contributed by atoms with E-state index in [0.717, 1.165) is 5.56 Å². The lowest BCUT2D eigenvalue weighted by molar-refractivity contribution is 0.603. The van der Waals surface area contributed by atoms with Crippen molar-refractivity contribution >= 4 is 11.6 Å². The number of para-hydroxylation sites is 1.